The summed E-state index contributed by atoms with van der Waals surface area (Å²) < 4.78 is 0. The van der Waals surface area contributed by atoms with Gasteiger partial charge in [0.2, 0.25) is 0 Å². The first-order valence-corrected chi connectivity index (χ1v) is 65.5. The van der Waals surface area contributed by atoms with E-state index in [4.69, 9.17) is 0 Å². The average Bonchev–Trinajstić information content (AvgIpc) is 1.53. The molecule has 0 aromatic heterocycles. The number of rotatable bonds is 12. The highest BCUT2D eigenvalue weighted by molar-refractivity contribution is 5.17. The highest BCUT2D eigenvalue weighted by atomic mass is 15.2. The van der Waals surface area contributed by atoms with Gasteiger partial charge in [0.25, 0.3) is 0 Å². The van der Waals surface area contributed by atoms with Crippen molar-refractivity contribution in [1.29, 1.82) is 0 Å². The molecule has 0 N–H and O–H groups in total. The Morgan fingerprint density at radius 2 is 0.497 bits per heavy atom. The Bertz CT molecular complexity index is 3700. The van der Waals surface area contributed by atoms with Crippen molar-refractivity contribution >= 4 is 0 Å². The van der Waals surface area contributed by atoms with E-state index >= 15 is 0 Å². The van der Waals surface area contributed by atoms with Crippen LogP contribution in [0, 0.1) is 186 Å². The van der Waals surface area contributed by atoms with Gasteiger partial charge in [-0.1, -0.05) is 245 Å². The van der Waals surface area contributed by atoms with Crippen LogP contribution in [0.25, 0.3) is 0 Å². The minimum Gasteiger partial charge on any atom is -0.303 e. The molecule has 0 aromatic carbocycles. The number of nitrogens with zero attached hydrogens (tertiary/aromatic N) is 12. The summed E-state index contributed by atoms with van der Waals surface area (Å²) in [5, 5.41) is 0. The molecule has 147 heavy (non-hydrogen) atoms. The van der Waals surface area contributed by atoms with Gasteiger partial charge in [0.15, 0.2) is 0 Å². The fourth-order valence-corrected chi connectivity index (χ4v) is 37.9. The summed E-state index contributed by atoms with van der Waals surface area (Å²) in [7, 11) is 27.7. The molecule has 0 bridgehead atoms. The van der Waals surface area contributed by atoms with Crippen LogP contribution in [0.5, 0.6) is 0 Å². The van der Waals surface area contributed by atoms with Gasteiger partial charge in [-0.15, -0.1) is 0 Å². The largest absolute Gasteiger partial charge is 0.303 e. The highest BCUT2D eigenvalue weighted by Gasteiger charge is 2.66. The van der Waals surface area contributed by atoms with Crippen molar-refractivity contribution in [3.8, 4) is 0 Å². The van der Waals surface area contributed by atoms with Crippen LogP contribution < -0.4 is 0 Å². The van der Waals surface area contributed by atoms with Crippen LogP contribution in [0.2, 0.25) is 0 Å². The van der Waals surface area contributed by atoms with Crippen molar-refractivity contribution in [2.75, 3.05) is 163 Å². The molecule has 0 aromatic rings. The lowest BCUT2D eigenvalue weighted by Gasteiger charge is -2.52. The summed E-state index contributed by atoms with van der Waals surface area (Å²) in [4.78, 5) is 31.1. The monoisotopic (exact) mass is 2050 g/mol. The third kappa shape index (κ3) is 32.8. The van der Waals surface area contributed by atoms with Crippen LogP contribution in [-0.2, 0) is 0 Å². The third-order valence-corrected chi connectivity index (χ3v) is 47.2. The second kappa shape index (κ2) is 54.3. The molecule has 26 atom stereocenters. The predicted molar refractivity (Wildman–Crippen MR) is 641 cm³/mol. The third-order valence-electron chi connectivity index (χ3n) is 47.2. The fourth-order valence-electron chi connectivity index (χ4n) is 37.9. The van der Waals surface area contributed by atoms with E-state index in [9.17, 15) is 0 Å². The second-order valence-electron chi connectivity index (χ2n) is 63.5. The predicted octanol–water partition coefficient (Wildman–Crippen LogP) is 30.5. The Hall–Kier alpha value is -0.480. The summed E-state index contributed by atoms with van der Waals surface area (Å²) in [5.41, 5.74) is 4.31. The summed E-state index contributed by atoms with van der Waals surface area (Å²) in [6.45, 7) is 82.6. The molecule has 12 heteroatoms. The van der Waals surface area contributed by atoms with Gasteiger partial charge >= 0.3 is 0 Å². The normalized spacial score (nSPS) is 38.8. The second-order valence-corrected chi connectivity index (χ2v) is 63.5. The first-order chi connectivity index (χ1) is 69.0. The number of likely N-dealkylation sites (tertiary alicyclic amines) is 12. The van der Waals surface area contributed by atoms with Crippen LogP contribution >= 0.6 is 0 Å². The lowest BCUT2D eigenvalue weighted by molar-refractivity contribution is -0.0106. The molecule has 11 saturated carbocycles. The van der Waals surface area contributed by atoms with Crippen molar-refractivity contribution in [3.05, 3.63) is 0 Å². The average molecular weight is 2050 g/mol. The molecule has 0 amide bonds. The smallest absolute Gasteiger partial charge is 0.0152 e. The maximum Gasteiger partial charge on any atom is 0.0152 e. The van der Waals surface area contributed by atoms with E-state index in [0.29, 0.717) is 10.8 Å². The van der Waals surface area contributed by atoms with Gasteiger partial charge in [0, 0.05) is 144 Å². The molecule has 23 aliphatic rings. The molecule has 12 saturated heterocycles. The van der Waals surface area contributed by atoms with E-state index in [1.807, 2.05) is 0 Å². The molecule has 23 rings (SSSR count). The SMILES string of the molecule is CC(C)[C@H]1CC2(CCN1C)CC2.CC(C)[C@H]1CCC(C)(C)CN1C.CC(C)[C@H]1CCC2(CC2)CN1C.CC(C)[C@H]1CCC2(CCC2)CN1C.CC(C)[C@H]1CCC2(CCCC2)CN1C.CC(C)[C@H]1C[C@@H]2CCC[C@@H]2CN1C.CC(C)[C@H]1C[C@@H]2CC[C@@H]2CN1C.CC(C)[C@H]1C[C@@H]2C[C@@H]2CN1C.CC(C)[C@H]1[C@@H]2CCCC[C@@H]2CN1C.CC(C)[C@H]1[C@@H]2CCC[C@@H]2CN1C.CC(C)[C@H]1[C@@H]2CC[C@@H]2CN1C.CC(C)[C@H]1[C@H]2[C@@H](CN1C)C2(C)C. The molecular weight excluding hydrogens is 1790 g/mol. The quantitative estimate of drug-likeness (QED) is 0.187. The summed E-state index contributed by atoms with van der Waals surface area (Å²) in [6, 6.07) is 10.4. The fraction of sp³-hybridized carbons (Fsp3) is 1.00. The van der Waals surface area contributed by atoms with Gasteiger partial charge in [-0.25, -0.2) is 0 Å². The van der Waals surface area contributed by atoms with Crippen LogP contribution in [-0.4, -0.2) is 294 Å². The van der Waals surface area contributed by atoms with E-state index < -0.39 is 0 Å². The molecule has 860 valence electrons. The van der Waals surface area contributed by atoms with Gasteiger partial charge in [-0.05, 0) is 477 Å². The summed E-state index contributed by atoms with van der Waals surface area (Å²) in [5.74, 6) is 24.8. The van der Waals surface area contributed by atoms with E-state index in [1.54, 1.807) is 0 Å². The minimum absolute atomic E-state index is 0.542. The molecule has 4 spiro atoms. The zero-order valence-corrected chi connectivity index (χ0v) is 106. The Balaban J connectivity index is 0.000000143. The van der Waals surface area contributed by atoms with E-state index in [0.717, 1.165) is 248 Å². The molecule has 12 heterocycles. The maximum atomic E-state index is 2.64. The van der Waals surface area contributed by atoms with Crippen LogP contribution in [0.3, 0.4) is 0 Å². The van der Waals surface area contributed by atoms with Gasteiger partial charge in [0.05, 0.1) is 0 Å². The molecule has 12 nitrogen and oxygen atoms in total. The Morgan fingerprint density at radius 3 is 0.837 bits per heavy atom. The van der Waals surface area contributed by atoms with Gasteiger partial charge in [0.1, 0.15) is 0 Å². The summed E-state index contributed by atoms with van der Waals surface area (Å²) in [6.07, 6.45) is 57.9. The van der Waals surface area contributed by atoms with E-state index in [-0.39, 0.29) is 0 Å². The number of piperidine rings is 9. The summed E-state index contributed by atoms with van der Waals surface area (Å²) >= 11 is 0. The van der Waals surface area contributed by atoms with Gasteiger partial charge in [-0.2, -0.15) is 0 Å². The van der Waals surface area contributed by atoms with Crippen LogP contribution in [0.4, 0.5) is 0 Å². The maximum absolute atomic E-state index is 2.64. The Kier molecular flexibility index (Phi) is 46.2. The molecule has 0 radical (unpaired) electrons. The van der Waals surface area contributed by atoms with E-state index in [2.05, 4.69) is 337 Å². The van der Waals surface area contributed by atoms with Crippen LogP contribution in [0.15, 0.2) is 0 Å². The Morgan fingerprint density at radius 1 is 0.190 bits per heavy atom. The van der Waals surface area contributed by atoms with Crippen molar-refractivity contribution in [1.82, 2.24) is 58.8 Å². The topological polar surface area (TPSA) is 38.9 Å². The van der Waals surface area contributed by atoms with Crippen molar-refractivity contribution in [2.24, 2.45) is 186 Å². The van der Waals surface area contributed by atoms with Crippen molar-refractivity contribution in [3.63, 3.8) is 0 Å². The standard InChI is InChI=1S/C13H25N.3C12H23N.5C11H21N.C11H23N.2C10H19N/c1-11(2)12-6-9-13(10-14(12)3)7-4-5-8-13;1-10(2)11-5-8-12(6-4-7-12)9-13(11)3;1-9(2)12-7-10-5-4-6-11(10)8-13(12)3;1-9(2)12-11-7-5-4-6-10(11)8-13(12)3;1-7(2)10-9-8(6-12(10)5)11(9,3)4;1-8(2)11-6-9-4-5-10(9)7-12(11)3;1-9(2)10-8-11(4-5-11)6-7-12(10)3;1-9(2)10-4-5-11(6-7-11)8-12(10)3;1-8(2)11-10-6-4-5-9(10)7-12(11)3;1-9(2)10-6-7-11(3,4)8-12(10)5;1-7(2)10-5-8-4-9(8)6-11(10)3;1-7(2)10-9-5-4-8(9)6-11(10)3/h11-12H,4-10H2,1-3H3;10-11H,4-9H2,1-3H3;2*9-12H,4-8H2,1-3H3;7-10H,6H2,1-5H3;8-11H,4-7H2,1-3H3;2*9-10H,4-8H2,1-3H3;8-11H,4-7H2,1-3H3;9-10H,6-8H2,1-5H3;2*7-10H,4-6H2,1-3H3/t12-;11-;10-,11+,12+;10-,11-,12+;8-,9-,10+;9-,10+,11+;2*10-;9-,10-,11+;10-;8-,9+,10+;8-,9-,10+/m110110111101/s1. The van der Waals surface area contributed by atoms with Crippen molar-refractivity contribution in [2.45, 2.75) is 517 Å². The zero-order chi connectivity index (χ0) is 108. The van der Waals surface area contributed by atoms with Gasteiger partial charge < -0.3 is 58.8 Å². The molecule has 0 unspecified atom stereocenters. The number of fused-ring (bicyclic) bond motifs is 7. The molecular formula is C135H260N12. The highest BCUT2D eigenvalue weighted by Crippen LogP contribution is 2.66. The van der Waals surface area contributed by atoms with Gasteiger partial charge in [-0.3, -0.25) is 0 Å². The van der Waals surface area contributed by atoms with Crippen molar-refractivity contribution < 1.29 is 0 Å². The number of hydrogen-bond donors (Lipinski definition) is 0. The number of hydrogen-bond acceptors (Lipinski definition) is 12. The molecule has 12 aliphatic heterocycles. The first-order valence-electron chi connectivity index (χ1n) is 65.5. The zero-order valence-electron chi connectivity index (χ0n) is 106. The lowest BCUT2D eigenvalue weighted by atomic mass is 9.63. The molecule has 11 aliphatic carbocycles. The molecule has 23 fully saturated rings. The van der Waals surface area contributed by atoms with E-state index in [1.165, 1.54) is 329 Å². The first kappa shape index (κ1) is 125. The Labute approximate surface area is 919 Å². The van der Waals surface area contributed by atoms with Crippen LogP contribution in [0.1, 0.15) is 444 Å². The lowest BCUT2D eigenvalue weighted by Crippen LogP contribution is -2.51. The minimum atomic E-state index is 0.542.